The number of aliphatic imine (C=N–C) groups is 1. The van der Waals surface area contributed by atoms with Crippen LogP contribution in [0.1, 0.15) is 5.56 Å². The lowest BCUT2D eigenvalue weighted by atomic mass is 10.1. The highest BCUT2D eigenvalue weighted by Crippen LogP contribution is 2.32. The third kappa shape index (κ3) is 3.11. The number of H-pyrrole nitrogens is 1. The number of aromatic amines is 1. The second-order valence-corrected chi connectivity index (χ2v) is 6.15. The number of fused-ring (bicyclic) bond motifs is 1. The zero-order chi connectivity index (χ0) is 17.9. The van der Waals surface area contributed by atoms with Crippen LogP contribution in [-0.4, -0.2) is 49.7 Å². The summed E-state index contributed by atoms with van der Waals surface area (Å²) in [6, 6.07) is 13.6. The van der Waals surface area contributed by atoms with Crippen LogP contribution in [0.15, 0.2) is 47.5 Å². The summed E-state index contributed by atoms with van der Waals surface area (Å²) in [5, 5.41) is 11.1. The Hall–Kier alpha value is -2.99. The van der Waals surface area contributed by atoms with E-state index in [2.05, 4.69) is 20.9 Å². The molecule has 2 aromatic carbocycles. The molecule has 3 aromatic rings. The van der Waals surface area contributed by atoms with Crippen LogP contribution < -0.4 is 9.64 Å². The van der Waals surface area contributed by atoms with Crippen molar-refractivity contribution in [1.29, 1.82) is 0 Å². The lowest BCUT2D eigenvalue weighted by Gasteiger charge is -2.29. The van der Waals surface area contributed by atoms with Crippen molar-refractivity contribution < 1.29 is 14.6 Å². The van der Waals surface area contributed by atoms with E-state index in [-0.39, 0.29) is 5.88 Å². The van der Waals surface area contributed by atoms with Gasteiger partial charge in [-0.25, -0.2) is 0 Å². The number of methoxy groups -OCH3 is 1. The Morgan fingerprint density at radius 1 is 1.19 bits per heavy atom. The third-order valence-electron chi connectivity index (χ3n) is 4.59. The van der Waals surface area contributed by atoms with Crippen LogP contribution in [0, 0.1) is 0 Å². The maximum atomic E-state index is 10.3. The number of morpholine rings is 1. The molecule has 0 radical (unpaired) electrons. The third-order valence-corrected chi connectivity index (χ3v) is 4.59. The molecule has 6 heteroatoms. The summed E-state index contributed by atoms with van der Waals surface area (Å²) in [6.45, 7) is 3.15. The van der Waals surface area contributed by atoms with Crippen LogP contribution in [-0.2, 0) is 4.74 Å². The number of ether oxygens (including phenoxy) is 2. The summed E-state index contributed by atoms with van der Waals surface area (Å²) in [4.78, 5) is 9.91. The molecule has 0 aliphatic carbocycles. The summed E-state index contributed by atoms with van der Waals surface area (Å²) in [6.07, 6.45) is 1.70. The molecule has 1 aliphatic rings. The summed E-state index contributed by atoms with van der Waals surface area (Å²) in [7, 11) is 1.63. The molecule has 0 bridgehead atoms. The number of nitrogens with one attached hydrogen (secondary N) is 1. The highest BCUT2D eigenvalue weighted by atomic mass is 16.5. The fourth-order valence-corrected chi connectivity index (χ4v) is 3.21. The van der Waals surface area contributed by atoms with Crippen molar-refractivity contribution in [2.45, 2.75) is 0 Å². The quantitative estimate of drug-likeness (QED) is 0.706. The highest BCUT2D eigenvalue weighted by Gasteiger charge is 2.15. The van der Waals surface area contributed by atoms with Crippen LogP contribution in [0.4, 0.5) is 11.4 Å². The zero-order valence-corrected chi connectivity index (χ0v) is 14.6. The number of hydrogen-bond donors (Lipinski definition) is 2. The van der Waals surface area contributed by atoms with Crippen molar-refractivity contribution in [3.63, 3.8) is 0 Å². The molecule has 1 fully saturated rings. The SMILES string of the molecule is COc1ccc2[nH]c(O)c(C=Nc3ccccc3N3CCOCC3)c2c1. The van der Waals surface area contributed by atoms with Gasteiger partial charge in [-0.3, -0.25) is 4.99 Å². The summed E-state index contributed by atoms with van der Waals surface area (Å²) >= 11 is 0. The first-order chi connectivity index (χ1) is 12.8. The van der Waals surface area contributed by atoms with Gasteiger partial charge in [0.2, 0.25) is 0 Å². The van der Waals surface area contributed by atoms with Gasteiger partial charge in [0.05, 0.1) is 37.3 Å². The lowest BCUT2D eigenvalue weighted by Crippen LogP contribution is -2.36. The predicted molar refractivity (Wildman–Crippen MR) is 103 cm³/mol. The van der Waals surface area contributed by atoms with Gasteiger partial charge in [-0.1, -0.05) is 12.1 Å². The van der Waals surface area contributed by atoms with Gasteiger partial charge in [-0.15, -0.1) is 0 Å². The van der Waals surface area contributed by atoms with Gasteiger partial charge in [-0.2, -0.15) is 0 Å². The molecule has 1 aliphatic heterocycles. The van der Waals surface area contributed by atoms with E-state index in [1.54, 1.807) is 13.3 Å². The minimum Gasteiger partial charge on any atom is -0.497 e. The smallest absolute Gasteiger partial charge is 0.198 e. The molecular formula is C20H21N3O3. The fourth-order valence-electron chi connectivity index (χ4n) is 3.21. The van der Waals surface area contributed by atoms with Crippen molar-refractivity contribution in [2.24, 2.45) is 4.99 Å². The molecule has 0 atom stereocenters. The Balaban J connectivity index is 1.71. The Morgan fingerprint density at radius 3 is 2.81 bits per heavy atom. The number of hydrogen-bond acceptors (Lipinski definition) is 5. The summed E-state index contributed by atoms with van der Waals surface area (Å²) in [5.41, 5.74) is 3.43. The van der Waals surface area contributed by atoms with E-state index in [9.17, 15) is 5.11 Å². The molecule has 1 saturated heterocycles. The number of benzene rings is 2. The van der Waals surface area contributed by atoms with Gasteiger partial charge < -0.3 is 24.5 Å². The molecule has 26 heavy (non-hydrogen) atoms. The van der Waals surface area contributed by atoms with Crippen molar-refractivity contribution in [1.82, 2.24) is 4.98 Å². The Kier molecular flexibility index (Phi) is 4.50. The average Bonchev–Trinajstić information content (AvgIpc) is 3.01. The van der Waals surface area contributed by atoms with Gasteiger partial charge in [0, 0.05) is 30.2 Å². The van der Waals surface area contributed by atoms with Gasteiger partial charge in [0.15, 0.2) is 5.88 Å². The predicted octanol–water partition coefficient (Wildman–Crippen LogP) is 3.47. The van der Waals surface area contributed by atoms with E-state index in [0.717, 1.165) is 54.3 Å². The van der Waals surface area contributed by atoms with Gasteiger partial charge >= 0.3 is 0 Å². The molecule has 134 valence electrons. The average molecular weight is 351 g/mol. The zero-order valence-electron chi connectivity index (χ0n) is 14.6. The first-order valence-electron chi connectivity index (χ1n) is 8.61. The number of para-hydroxylation sites is 2. The molecular weight excluding hydrogens is 330 g/mol. The van der Waals surface area contributed by atoms with Crippen molar-refractivity contribution in [2.75, 3.05) is 38.3 Å². The van der Waals surface area contributed by atoms with Crippen molar-refractivity contribution >= 4 is 28.5 Å². The molecule has 6 nitrogen and oxygen atoms in total. The standard InChI is InChI=1S/C20H21N3O3/c1-25-14-6-7-17-15(12-14)16(20(24)22-17)13-21-18-4-2-3-5-19(18)23-8-10-26-11-9-23/h2-7,12-13,22,24H,8-11H2,1H3. The number of aromatic hydroxyl groups is 1. The van der Waals surface area contributed by atoms with Crippen LogP contribution in [0.3, 0.4) is 0 Å². The number of rotatable bonds is 4. The number of anilines is 1. The van der Waals surface area contributed by atoms with Crippen LogP contribution in [0.25, 0.3) is 10.9 Å². The summed E-state index contributed by atoms with van der Waals surface area (Å²) < 4.78 is 10.7. The van der Waals surface area contributed by atoms with Crippen LogP contribution >= 0.6 is 0 Å². The lowest BCUT2D eigenvalue weighted by molar-refractivity contribution is 0.123. The fraction of sp³-hybridized carbons (Fsp3) is 0.250. The largest absolute Gasteiger partial charge is 0.497 e. The van der Waals surface area contributed by atoms with Crippen LogP contribution in [0.2, 0.25) is 0 Å². The minimum atomic E-state index is 0.0980. The first-order valence-corrected chi connectivity index (χ1v) is 8.61. The Labute approximate surface area is 151 Å². The maximum Gasteiger partial charge on any atom is 0.198 e. The molecule has 2 heterocycles. The van der Waals surface area contributed by atoms with Crippen molar-refractivity contribution in [3.05, 3.63) is 48.0 Å². The highest BCUT2D eigenvalue weighted by molar-refractivity contribution is 6.03. The molecule has 2 N–H and O–H groups in total. The summed E-state index contributed by atoms with van der Waals surface area (Å²) in [5.74, 6) is 0.834. The molecule has 0 spiro atoms. The minimum absolute atomic E-state index is 0.0980. The van der Waals surface area contributed by atoms with E-state index >= 15 is 0 Å². The monoisotopic (exact) mass is 351 g/mol. The molecule has 0 unspecified atom stereocenters. The van der Waals surface area contributed by atoms with Gasteiger partial charge in [-0.05, 0) is 30.3 Å². The second-order valence-electron chi connectivity index (χ2n) is 6.15. The Bertz CT molecular complexity index is 943. The number of nitrogens with zero attached hydrogens (tertiary/aromatic N) is 2. The topological polar surface area (TPSA) is 70.1 Å². The number of aromatic nitrogens is 1. The maximum absolute atomic E-state index is 10.3. The van der Waals surface area contributed by atoms with E-state index in [1.165, 1.54) is 0 Å². The van der Waals surface area contributed by atoms with E-state index in [1.807, 2.05) is 36.4 Å². The molecule has 1 aromatic heterocycles. The van der Waals surface area contributed by atoms with E-state index < -0.39 is 0 Å². The van der Waals surface area contributed by atoms with Gasteiger partial charge in [0.1, 0.15) is 5.75 Å². The molecule has 0 amide bonds. The van der Waals surface area contributed by atoms with Crippen LogP contribution in [0.5, 0.6) is 11.6 Å². The molecule has 4 rings (SSSR count). The molecule has 0 saturated carbocycles. The Morgan fingerprint density at radius 2 is 2.00 bits per heavy atom. The van der Waals surface area contributed by atoms with Gasteiger partial charge in [0.25, 0.3) is 0 Å². The second kappa shape index (κ2) is 7.09. The first kappa shape index (κ1) is 16.5. The normalized spacial score (nSPS) is 15.0. The van der Waals surface area contributed by atoms with Crippen molar-refractivity contribution in [3.8, 4) is 11.6 Å². The van der Waals surface area contributed by atoms with E-state index in [0.29, 0.717) is 5.56 Å². The van der Waals surface area contributed by atoms with E-state index in [4.69, 9.17) is 9.47 Å².